The fourth-order valence-corrected chi connectivity index (χ4v) is 1.27. The van der Waals surface area contributed by atoms with Crippen LogP contribution in [0.25, 0.3) is 0 Å². The van der Waals surface area contributed by atoms with Crippen molar-refractivity contribution in [2.75, 3.05) is 13.6 Å². The molecule has 10 heavy (non-hydrogen) atoms. The number of carboxylic acids is 1. The molecule has 1 saturated heterocycles. The van der Waals surface area contributed by atoms with E-state index in [0.29, 0.717) is 6.42 Å². The van der Waals surface area contributed by atoms with Crippen molar-refractivity contribution in [3.63, 3.8) is 0 Å². The number of hydrogen-bond acceptors (Lipinski definition) is 2. The van der Waals surface area contributed by atoms with Crippen LogP contribution in [0.2, 0.25) is 0 Å². The van der Waals surface area contributed by atoms with E-state index in [-0.39, 0.29) is 7.02 Å². The van der Waals surface area contributed by atoms with Crippen LogP contribution < -0.4 is 0 Å². The summed E-state index contributed by atoms with van der Waals surface area (Å²) in [5, 5.41) is 8.71. The van der Waals surface area contributed by atoms with E-state index in [1.165, 1.54) is 0 Å². The van der Waals surface area contributed by atoms with Crippen LogP contribution in [-0.2, 0) is 4.79 Å². The predicted molar refractivity (Wildman–Crippen MR) is 37.9 cm³/mol. The summed E-state index contributed by atoms with van der Waals surface area (Å²) in [4.78, 5) is 12.3. The normalized spacial score (nSPS) is 29.6. The molecule has 1 rings (SSSR count). The molecule has 1 atom stereocenters. The van der Waals surface area contributed by atoms with Gasteiger partial charge in [-0.15, -0.1) is 0 Å². The lowest BCUT2D eigenvalue weighted by Crippen LogP contribution is -2.41. The molecule has 0 saturated carbocycles. The Hall–Kier alpha value is -0.570. The van der Waals surface area contributed by atoms with Gasteiger partial charge in [-0.2, -0.15) is 0 Å². The summed E-state index contributed by atoms with van der Waals surface area (Å²) in [5.41, 5.74) is 0. The molecule has 1 aliphatic heterocycles. The number of likely N-dealkylation sites (tertiary alicyclic amines) is 1. The van der Waals surface area contributed by atoms with Gasteiger partial charge >= 0.3 is 5.97 Å². The maximum atomic E-state index is 10.6. The van der Waals surface area contributed by atoms with Gasteiger partial charge in [0.25, 0.3) is 0 Å². The molecule has 1 aliphatic rings. The fourth-order valence-electron chi connectivity index (χ4n) is 1.27. The monoisotopic (exact) mass is 144 g/mol. The van der Waals surface area contributed by atoms with Gasteiger partial charge in [-0.3, -0.25) is 9.69 Å². The highest BCUT2D eigenvalue weighted by molar-refractivity contribution is 5.73. The number of piperidine rings is 1. The van der Waals surface area contributed by atoms with Crippen LogP contribution in [0.5, 0.6) is 0 Å². The van der Waals surface area contributed by atoms with E-state index >= 15 is 0 Å². The Morgan fingerprint density at radius 3 is 3.10 bits per heavy atom. The van der Waals surface area contributed by atoms with Crippen molar-refractivity contribution in [1.29, 1.82) is 0 Å². The van der Waals surface area contributed by atoms with Gasteiger partial charge in [0.05, 0.1) is 0 Å². The second-order valence-corrected chi connectivity index (χ2v) is 2.66. The molecular formula is C7H13NO2. The molecule has 1 N–H and O–H groups in total. The molecule has 0 bridgehead atoms. The van der Waals surface area contributed by atoms with E-state index in [1.54, 1.807) is 4.90 Å². The smallest absolute Gasteiger partial charge is 0.320 e. The Bertz CT molecular complexity index is 151. The van der Waals surface area contributed by atoms with Crippen molar-refractivity contribution in [3.8, 4) is 0 Å². The molecule has 3 heteroatoms. The van der Waals surface area contributed by atoms with Gasteiger partial charge in [0.1, 0.15) is 6.04 Å². The summed E-state index contributed by atoms with van der Waals surface area (Å²) in [7, 11) is 0.108. The molecule has 0 aromatic heterocycles. The highest BCUT2D eigenvalue weighted by Crippen LogP contribution is 2.14. The second kappa shape index (κ2) is 3.01. The molecule has 0 radical (unpaired) electrons. The summed E-state index contributed by atoms with van der Waals surface area (Å²) in [5.74, 6) is -0.781. The molecule has 0 aromatic rings. The lowest BCUT2D eigenvalue weighted by molar-refractivity contribution is -0.143. The Labute approximate surface area is 62.0 Å². The van der Waals surface area contributed by atoms with Crippen LogP contribution in [0.15, 0.2) is 0 Å². The van der Waals surface area contributed by atoms with Gasteiger partial charge in [0.15, 0.2) is 0 Å². The molecule has 0 amide bonds. The maximum absolute atomic E-state index is 10.6. The SMILES string of the molecule is [2H]CN1CCCCC1C(=O)O. The van der Waals surface area contributed by atoms with Gasteiger partial charge in [-0.25, -0.2) is 0 Å². The third-order valence-corrected chi connectivity index (χ3v) is 1.90. The standard InChI is InChI=1S/C7H13NO2/c1-8-5-3-2-4-6(8)7(9)10/h6H,2-5H2,1H3,(H,9,10)/i1D. The van der Waals surface area contributed by atoms with Gasteiger partial charge in [0.2, 0.25) is 0 Å². The molecule has 1 unspecified atom stereocenters. The minimum absolute atomic E-state index is 0.108. The van der Waals surface area contributed by atoms with Crippen molar-refractivity contribution in [1.82, 2.24) is 4.90 Å². The molecule has 0 aromatic carbocycles. The van der Waals surface area contributed by atoms with E-state index in [2.05, 4.69) is 0 Å². The van der Waals surface area contributed by atoms with Crippen LogP contribution in [-0.4, -0.2) is 35.6 Å². The highest BCUT2D eigenvalue weighted by atomic mass is 16.4. The quantitative estimate of drug-likeness (QED) is 0.584. The third-order valence-electron chi connectivity index (χ3n) is 1.90. The molecule has 1 heterocycles. The van der Waals surface area contributed by atoms with E-state index < -0.39 is 12.0 Å². The zero-order chi connectivity index (χ0) is 8.27. The summed E-state index contributed by atoms with van der Waals surface area (Å²) < 4.78 is 7.08. The lowest BCUT2D eigenvalue weighted by atomic mass is 10.0. The van der Waals surface area contributed by atoms with Crippen LogP contribution in [0.3, 0.4) is 0 Å². The van der Waals surface area contributed by atoms with Crippen molar-refractivity contribution in [2.24, 2.45) is 0 Å². The van der Waals surface area contributed by atoms with Crippen molar-refractivity contribution < 1.29 is 11.3 Å². The summed E-state index contributed by atoms with van der Waals surface area (Å²) >= 11 is 0. The number of hydrogen-bond donors (Lipinski definition) is 1. The van der Waals surface area contributed by atoms with E-state index in [1.807, 2.05) is 0 Å². The van der Waals surface area contributed by atoms with E-state index in [9.17, 15) is 4.79 Å². The zero-order valence-corrected chi connectivity index (χ0v) is 5.92. The minimum Gasteiger partial charge on any atom is -0.480 e. The fraction of sp³-hybridized carbons (Fsp3) is 0.857. The maximum Gasteiger partial charge on any atom is 0.320 e. The van der Waals surface area contributed by atoms with Gasteiger partial charge in [0, 0.05) is 1.37 Å². The molecular weight excluding hydrogens is 130 g/mol. The first-order chi connectivity index (χ1) is 5.25. The number of likely N-dealkylation sites (N-methyl/N-ethyl adjacent to an activating group) is 1. The van der Waals surface area contributed by atoms with Gasteiger partial charge < -0.3 is 5.11 Å². The van der Waals surface area contributed by atoms with Gasteiger partial charge in [-0.05, 0) is 26.4 Å². The lowest BCUT2D eigenvalue weighted by Gasteiger charge is -2.28. The number of aliphatic carboxylic acids is 1. The molecule has 0 spiro atoms. The third kappa shape index (κ3) is 1.48. The van der Waals surface area contributed by atoms with Crippen LogP contribution in [0, 0.1) is 0 Å². The summed E-state index contributed by atoms with van der Waals surface area (Å²) in [6.45, 7) is 0.764. The van der Waals surface area contributed by atoms with E-state index in [4.69, 9.17) is 6.48 Å². The Morgan fingerprint density at radius 2 is 2.60 bits per heavy atom. The highest BCUT2D eigenvalue weighted by Gasteiger charge is 2.24. The summed E-state index contributed by atoms with van der Waals surface area (Å²) in [6.07, 6.45) is 2.71. The topological polar surface area (TPSA) is 40.5 Å². The zero-order valence-electron chi connectivity index (χ0n) is 6.92. The second-order valence-electron chi connectivity index (χ2n) is 2.66. The van der Waals surface area contributed by atoms with Crippen molar-refractivity contribution in [2.45, 2.75) is 25.3 Å². The van der Waals surface area contributed by atoms with Crippen molar-refractivity contribution >= 4 is 5.97 Å². The molecule has 3 nitrogen and oxygen atoms in total. The molecule has 58 valence electrons. The largest absolute Gasteiger partial charge is 0.480 e. The number of nitrogens with zero attached hydrogens (tertiary/aromatic N) is 1. The number of carbonyl (C=O) groups is 1. The van der Waals surface area contributed by atoms with Crippen LogP contribution in [0.4, 0.5) is 0 Å². The number of rotatable bonds is 1. The number of carboxylic acid groups (broad SMARTS) is 1. The Morgan fingerprint density at radius 1 is 1.80 bits per heavy atom. The Balaban J connectivity index is 2.51. The first-order valence-electron chi connectivity index (χ1n) is 4.22. The first-order valence-corrected chi connectivity index (χ1v) is 3.52. The minimum atomic E-state index is -0.781. The Kier molecular flexibility index (Phi) is 1.86. The predicted octanol–water partition coefficient (Wildman–Crippen LogP) is 0.555. The molecule has 1 fully saturated rings. The average molecular weight is 144 g/mol. The molecule has 0 aliphatic carbocycles. The van der Waals surface area contributed by atoms with E-state index in [0.717, 1.165) is 19.4 Å². The first kappa shape index (κ1) is 6.16. The van der Waals surface area contributed by atoms with Gasteiger partial charge in [-0.1, -0.05) is 6.42 Å². The van der Waals surface area contributed by atoms with Crippen molar-refractivity contribution in [3.05, 3.63) is 0 Å². The van der Waals surface area contributed by atoms with Crippen LogP contribution in [0.1, 0.15) is 20.6 Å². The average Bonchev–Trinajstić information content (AvgIpc) is 2.04. The van der Waals surface area contributed by atoms with Crippen LogP contribution >= 0.6 is 0 Å². The summed E-state index contributed by atoms with van der Waals surface area (Å²) in [6, 6.07) is -0.402.